The summed E-state index contributed by atoms with van der Waals surface area (Å²) in [5, 5.41) is 0. The highest BCUT2D eigenvalue weighted by Crippen LogP contribution is 2.37. The lowest BCUT2D eigenvalue weighted by atomic mass is 10.6. The fourth-order valence-electron chi connectivity index (χ4n) is 0.286. The zero-order chi connectivity index (χ0) is 7.28. The first-order valence-corrected chi connectivity index (χ1v) is 4.87. The van der Waals surface area contributed by atoms with Gasteiger partial charge in [-0.25, -0.2) is 0 Å². The normalized spacial score (nSPS) is 14.7. The first-order chi connectivity index (χ1) is 4.18. The van der Waals surface area contributed by atoms with Crippen LogP contribution >= 0.6 is 8.07 Å². The van der Waals surface area contributed by atoms with Gasteiger partial charge in [-0.05, 0) is 12.3 Å². The number of hydrogen-bond donors (Lipinski definition) is 0. The van der Waals surface area contributed by atoms with Crippen LogP contribution in [0.3, 0.4) is 0 Å². The van der Waals surface area contributed by atoms with Crippen LogP contribution in [0.25, 0.3) is 0 Å². The minimum atomic E-state index is -0.147. The average molecular weight is 143 g/mol. The SMILES string of the molecule is C=CC=NP(C)C(C)C. The second kappa shape index (κ2) is 4.69. The van der Waals surface area contributed by atoms with Gasteiger partial charge >= 0.3 is 0 Å². The Kier molecular flexibility index (Phi) is 4.61. The number of rotatable bonds is 3. The van der Waals surface area contributed by atoms with Crippen molar-refractivity contribution in [2.75, 3.05) is 6.66 Å². The van der Waals surface area contributed by atoms with Crippen molar-refractivity contribution in [3.05, 3.63) is 12.7 Å². The molecule has 1 nitrogen and oxygen atoms in total. The molecule has 0 aliphatic carbocycles. The van der Waals surface area contributed by atoms with Gasteiger partial charge in [0.25, 0.3) is 0 Å². The maximum atomic E-state index is 4.26. The molecule has 0 aromatic carbocycles. The van der Waals surface area contributed by atoms with Gasteiger partial charge in [0.1, 0.15) is 0 Å². The zero-order valence-corrected chi connectivity index (χ0v) is 7.23. The molecule has 0 aromatic rings. The van der Waals surface area contributed by atoms with Gasteiger partial charge in [0, 0.05) is 14.3 Å². The third kappa shape index (κ3) is 4.35. The molecule has 1 unspecified atom stereocenters. The summed E-state index contributed by atoms with van der Waals surface area (Å²) >= 11 is 0. The van der Waals surface area contributed by atoms with Crippen molar-refractivity contribution >= 4 is 14.3 Å². The maximum absolute atomic E-state index is 4.26. The summed E-state index contributed by atoms with van der Waals surface area (Å²) in [6, 6.07) is 0. The van der Waals surface area contributed by atoms with Crippen LogP contribution in [0.5, 0.6) is 0 Å². The van der Waals surface area contributed by atoms with Crippen LogP contribution in [0.15, 0.2) is 17.4 Å². The second-order valence-corrected chi connectivity index (χ2v) is 4.58. The van der Waals surface area contributed by atoms with Crippen molar-refractivity contribution in [1.82, 2.24) is 0 Å². The summed E-state index contributed by atoms with van der Waals surface area (Å²) in [7, 11) is -0.147. The van der Waals surface area contributed by atoms with Gasteiger partial charge in [0.05, 0.1) is 0 Å². The Bertz CT molecular complexity index is 107. The molecule has 9 heavy (non-hydrogen) atoms. The van der Waals surface area contributed by atoms with E-state index in [0.29, 0.717) is 5.66 Å². The van der Waals surface area contributed by atoms with Crippen LogP contribution < -0.4 is 0 Å². The molecule has 0 saturated carbocycles. The summed E-state index contributed by atoms with van der Waals surface area (Å²) in [5.74, 6) is 0. The smallest absolute Gasteiger partial charge is 0.0250 e. The van der Waals surface area contributed by atoms with E-state index in [4.69, 9.17) is 0 Å². The third-order valence-electron chi connectivity index (χ3n) is 1.10. The van der Waals surface area contributed by atoms with E-state index in [1.165, 1.54) is 0 Å². The molecular formula is C7H14NP. The average Bonchev–Trinajstić information content (AvgIpc) is 1.82. The van der Waals surface area contributed by atoms with Crippen LogP contribution in [0, 0.1) is 0 Å². The van der Waals surface area contributed by atoms with E-state index in [-0.39, 0.29) is 8.07 Å². The predicted octanol–water partition coefficient (Wildman–Crippen LogP) is 2.68. The molecule has 0 radical (unpaired) electrons. The van der Waals surface area contributed by atoms with E-state index in [9.17, 15) is 0 Å². The Hall–Kier alpha value is -0.160. The van der Waals surface area contributed by atoms with Crippen LogP contribution in [0.4, 0.5) is 0 Å². The fourth-order valence-corrected chi connectivity index (χ4v) is 0.857. The van der Waals surface area contributed by atoms with E-state index in [0.717, 1.165) is 0 Å². The second-order valence-electron chi connectivity index (χ2n) is 2.17. The van der Waals surface area contributed by atoms with Crippen LogP contribution in [0.2, 0.25) is 0 Å². The Morgan fingerprint density at radius 3 is 2.44 bits per heavy atom. The molecule has 0 aliphatic heterocycles. The van der Waals surface area contributed by atoms with Gasteiger partial charge in [0.2, 0.25) is 0 Å². The topological polar surface area (TPSA) is 12.4 Å². The molecule has 0 heterocycles. The van der Waals surface area contributed by atoms with Crippen LogP contribution in [-0.4, -0.2) is 18.5 Å². The molecular weight excluding hydrogens is 129 g/mol. The van der Waals surface area contributed by atoms with E-state index < -0.39 is 0 Å². The number of nitrogens with zero attached hydrogens (tertiary/aromatic N) is 1. The lowest BCUT2D eigenvalue weighted by Crippen LogP contribution is -1.87. The molecule has 0 aromatic heterocycles. The zero-order valence-electron chi connectivity index (χ0n) is 6.33. The monoisotopic (exact) mass is 143 g/mol. The largest absolute Gasteiger partial charge is 0.270 e. The Morgan fingerprint density at radius 1 is 1.56 bits per heavy atom. The summed E-state index contributed by atoms with van der Waals surface area (Å²) in [6.45, 7) is 10.1. The molecule has 0 rings (SSSR count). The maximum Gasteiger partial charge on any atom is 0.0250 e. The molecule has 0 aliphatic rings. The summed E-state index contributed by atoms with van der Waals surface area (Å²) in [4.78, 5) is 0. The first-order valence-electron chi connectivity index (χ1n) is 3.06. The van der Waals surface area contributed by atoms with E-state index in [1.807, 2.05) is 0 Å². The Balaban J connectivity index is 3.61. The summed E-state index contributed by atoms with van der Waals surface area (Å²) < 4.78 is 4.26. The molecule has 0 saturated heterocycles. The van der Waals surface area contributed by atoms with Crippen molar-refractivity contribution in [3.63, 3.8) is 0 Å². The van der Waals surface area contributed by atoms with E-state index in [2.05, 4.69) is 31.9 Å². The highest BCUT2D eigenvalue weighted by Gasteiger charge is 2.00. The first kappa shape index (κ1) is 8.84. The molecule has 52 valence electrons. The number of allylic oxidation sites excluding steroid dienone is 1. The molecule has 0 spiro atoms. The lowest BCUT2D eigenvalue weighted by molar-refractivity contribution is 1.09. The van der Waals surface area contributed by atoms with E-state index in [1.54, 1.807) is 12.3 Å². The quantitative estimate of drug-likeness (QED) is 0.425. The van der Waals surface area contributed by atoms with Gasteiger partial charge in [-0.2, -0.15) is 0 Å². The molecule has 2 heteroatoms. The third-order valence-corrected chi connectivity index (χ3v) is 3.09. The number of hydrogen-bond acceptors (Lipinski definition) is 1. The van der Waals surface area contributed by atoms with Crippen molar-refractivity contribution in [2.24, 2.45) is 4.76 Å². The molecule has 0 fully saturated rings. The molecule has 0 amide bonds. The summed E-state index contributed by atoms with van der Waals surface area (Å²) in [5.41, 5.74) is 0.691. The van der Waals surface area contributed by atoms with Gasteiger partial charge in [-0.15, -0.1) is 0 Å². The highest BCUT2D eigenvalue weighted by atomic mass is 31.1. The van der Waals surface area contributed by atoms with Crippen molar-refractivity contribution in [1.29, 1.82) is 0 Å². The highest BCUT2D eigenvalue weighted by molar-refractivity contribution is 7.56. The van der Waals surface area contributed by atoms with Gasteiger partial charge in [-0.3, -0.25) is 4.76 Å². The molecule has 0 bridgehead atoms. The Morgan fingerprint density at radius 2 is 2.11 bits per heavy atom. The van der Waals surface area contributed by atoms with Crippen LogP contribution in [0.1, 0.15) is 13.8 Å². The lowest BCUT2D eigenvalue weighted by Gasteiger charge is -2.07. The molecule has 1 atom stereocenters. The van der Waals surface area contributed by atoms with E-state index >= 15 is 0 Å². The van der Waals surface area contributed by atoms with Crippen molar-refractivity contribution in [2.45, 2.75) is 19.5 Å². The van der Waals surface area contributed by atoms with Gasteiger partial charge in [-0.1, -0.05) is 26.5 Å². The molecule has 0 N–H and O–H groups in total. The predicted molar refractivity (Wildman–Crippen MR) is 46.7 cm³/mol. The van der Waals surface area contributed by atoms with Gasteiger partial charge in [0.15, 0.2) is 0 Å². The fraction of sp³-hybridized carbons (Fsp3) is 0.571. The minimum absolute atomic E-state index is 0.147. The standard InChI is InChI=1S/C7H14NP/c1-5-6-8-9(4)7(2)3/h5-7H,1H2,2-4H3. The minimum Gasteiger partial charge on any atom is -0.270 e. The van der Waals surface area contributed by atoms with Gasteiger partial charge < -0.3 is 0 Å². The van der Waals surface area contributed by atoms with Crippen LogP contribution in [-0.2, 0) is 0 Å². The Labute approximate surface area is 58.7 Å². The van der Waals surface area contributed by atoms with Crippen molar-refractivity contribution in [3.8, 4) is 0 Å². The van der Waals surface area contributed by atoms with Crippen molar-refractivity contribution < 1.29 is 0 Å². The summed E-state index contributed by atoms with van der Waals surface area (Å²) in [6.07, 6.45) is 3.51.